The fourth-order valence-electron chi connectivity index (χ4n) is 2.54. The van der Waals surface area contributed by atoms with E-state index in [0.717, 1.165) is 6.07 Å². The van der Waals surface area contributed by atoms with Gasteiger partial charge in [0.15, 0.2) is 0 Å². The van der Waals surface area contributed by atoms with Crippen molar-refractivity contribution in [1.82, 2.24) is 0 Å². The molecule has 0 heterocycles. The number of carboxylic acids is 1. The number of nitro groups is 2. The third kappa shape index (κ3) is 9.95. The quantitative estimate of drug-likeness (QED) is 0.165. The first-order valence-electron chi connectivity index (χ1n) is 8.94. The summed E-state index contributed by atoms with van der Waals surface area (Å²) >= 11 is 0. The summed E-state index contributed by atoms with van der Waals surface area (Å²) in [5.41, 5.74) is -0.577. The Hall–Kier alpha value is -4.22. The Morgan fingerprint density at radius 3 is 1.56 bits per heavy atom. The molecule has 0 aliphatic carbocycles. The Morgan fingerprint density at radius 2 is 1.22 bits per heavy atom. The van der Waals surface area contributed by atoms with Crippen molar-refractivity contribution in [3.8, 4) is 0 Å². The minimum atomic E-state index is -1.34. The second kappa shape index (κ2) is 18.1. The summed E-state index contributed by atoms with van der Waals surface area (Å²) in [6, 6.07) is 8.32. The number of aromatic carboxylic acids is 1. The maximum absolute atomic E-state index is 11.5. The number of hydrogen-bond acceptors (Lipinski definition) is 10. The van der Waals surface area contributed by atoms with Crippen LogP contribution in [0.15, 0.2) is 48.9 Å². The molecule has 2 rings (SSSR count). The molecule has 0 radical (unpaired) electrons. The average Bonchev–Trinajstić information content (AvgIpc) is 2.80. The molecule has 2 aromatic rings. The summed E-state index contributed by atoms with van der Waals surface area (Å²) in [5, 5.41) is 30.4. The molecule has 2 aromatic carbocycles. The van der Waals surface area contributed by atoms with E-state index in [0.29, 0.717) is 5.56 Å². The Morgan fingerprint density at radius 1 is 0.833 bits per heavy atom. The van der Waals surface area contributed by atoms with Crippen molar-refractivity contribution >= 4 is 35.5 Å². The topological polar surface area (TPSA) is 230 Å². The summed E-state index contributed by atoms with van der Waals surface area (Å²) in [7, 11) is 4.00. The fraction of sp³-hybridized carbons (Fsp3) is 0.143. The van der Waals surface area contributed by atoms with Crippen molar-refractivity contribution in [1.29, 1.82) is 0 Å². The maximum Gasteiger partial charge on any atom is 1.00 e. The molecule has 0 spiro atoms. The second-order valence-electron chi connectivity index (χ2n) is 5.87. The van der Waals surface area contributed by atoms with Gasteiger partial charge in [-0.25, -0.2) is 9.59 Å². The van der Waals surface area contributed by atoms with E-state index in [4.69, 9.17) is 9.84 Å². The van der Waals surface area contributed by atoms with Crippen molar-refractivity contribution in [2.45, 2.75) is 0 Å². The number of carbonyl (C=O) groups is 2. The van der Waals surface area contributed by atoms with Crippen LogP contribution in [-0.2, 0) is 14.2 Å². The summed E-state index contributed by atoms with van der Waals surface area (Å²) < 4.78 is 13.9. The zero-order valence-electron chi connectivity index (χ0n) is 19.7. The van der Waals surface area contributed by atoms with Crippen molar-refractivity contribution in [2.75, 3.05) is 21.3 Å². The van der Waals surface area contributed by atoms with Crippen molar-refractivity contribution < 1.29 is 68.6 Å². The van der Waals surface area contributed by atoms with Crippen molar-refractivity contribution in [3.05, 3.63) is 91.4 Å². The van der Waals surface area contributed by atoms with Gasteiger partial charge in [-0.1, -0.05) is 24.3 Å². The molecule has 0 saturated carbocycles. The number of carboxylic acid groups (broad SMARTS) is 1. The molecule has 15 heteroatoms. The van der Waals surface area contributed by atoms with Crippen molar-refractivity contribution in [3.63, 3.8) is 0 Å². The van der Waals surface area contributed by atoms with Crippen LogP contribution in [0.25, 0.3) is 12.2 Å². The van der Waals surface area contributed by atoms with Crippen LogP contribution in [0, 0.1) is 20.2 Å². The smallest absolute Gasteiger partial charge is 0.870 e. The number of carbonyl (C=O) groups excluding carboxylic acids is 1. The van der Waals surface area contributed by atoms with Gasteiger partial charge in [-0.15, -0.1) is 0 Å². The molecule has 14 nitrogen and oxygen atoms in total. The van der Waals surface area contributed by atoms with E-state index in [-0.39, 0.29) is 52.2 Å². The van der Waals surface area contributed by atoms with E-state index >= 15 is 0 Å². The van der Waals surface area contributed by atoms with E-state index in [1.807, 2.05) is 0 Å². The van der Waals surface area contributed by atoms with Crippen LogP contribution in [0.5, 0.6) is 0 Å². The molecule has 0 atom stereocenters. The van der Waals surface area contributed by atoms with Crippen LogP contribution in [0.1, 0.15) is 31.8 Å². The first kappa shape index (κ1) is 36.3. The van der Waals surface area contributed by atoms with Crippen LogP contribution in [0.4, 0.5) is 11.4 Å². The van der Waals surface area contributed by atoms with E-state index in [1.165, 1.54) is 70.3 Å². The summed E-state index contributed by atoms with van der Waals surface area (Å²) in [4.78, 5) is 42.5. The van der Waals surface area contributed by atoms with Gasteiger partial charge in [0.2, 0.25) is 0 Å². The molecule has 0 aliphatic heterocycles. The number of nitro benzene ring substituents is 2. The number of benzene rings is 2. The van der Waals surface area contributed by atoms with Gasteiger partial charge in [-0.05, 0) is 23.3 Å². The molecule has 0 bridgehead atoms. The molecule has 4 N–H and O–H groups in total. The minimum Gasteiger partial charge on any atom is -0.870 e. The van der Waals surface area contributed by atoms with Gasteiger partial charge in [-0.2, -0.15) is 0 Å². The van der Waals surface area contributed by atoms with Crippen LogP contribution in [-0.4, -0.2) is 59.2 Å². The van der Waals surface area contributed by atoms with Gasteiger partial charge in [0.1, 0.15) is 11.1 Å². The number of nitrogens with zero attached hydrogens (tertiary/aromatic N) is 2. The Bertz CT molecular complexity index is 1100. The Labute approximate surface area is 216 Å². The maximum atomic E-state index is 11.5. The molecule has 0 unspecified atom stereocenters. The molecule has 190 valence electrons. The summed E-state index contributed by atoms with van der Waals surface area (Å²) in [5.74, 6) is -2.10. The number of esters is 1. The van der Waals surface area contributed by atoms with Gasteiger partial charge in [-0.3, -0.25) is 20.2 Å². The van der Waals surface area contributed by atoms with Gasteiger partial charge in [0.25, 0.3) is 11.4 Å². The Balaban J connectivity index is -0.000000559. The first-order chi connectivity index (χ1) is 15.7. The van der Waals surface area contributed by atoms with E-state index in [9.17, 15) is 29.8 Å². The molecule has 0 aromatic heterocycles. The molecule has 0 aliphatic rings. The van der Waals surface area contributed by atoms with E-state index in [1.54, 1.807) is 6.07 Å². The number of methoxy groups -OCH3 is 3. The molecule has 0 saturated heterocycles. The van der Waals surface area contributed by atoms with Gasteiger partial charge in [0.05, 0.1) is 43.7 Å². The standard InChI is InChI=1S/C11H11NO5.C10H9NO5.Li.2H2O/c1-16-7-6-8-4-3-5-9(12(14)15)10(8)11(13)17-2;1-16-6-5-7-3-2-4-8(11(14)15)9(7)10(12)13;;;/h3-7H,1-2H3;2-6H,1H3,(H,12,13);;2*1H2/q;;+1;;/p-1/b7-6+;6-5+;;;. The summed E-state index contributed by atoms with van der Waals surface area (Å²) in [6.07, 6.45) is 5.40. The average molecular weight is 502 g/mol. The molecular weight excluding hydrogens is 479 g/mol. The van der Waals surface area contributed by atoms with Crippen LogP contribution >= 0.6 is 0 Å². The number of rotatable bonds is 8. The molecule has 0 fully saturated rings. The zero-order valence-corrected chi connectivity index (χ0v) is 19.7. The van der Waals surface area contributed by atoms with E-state index < -0.39 is 27.5 Å². The normalized spacial score (nSPS) is 9.42. The van der Waals surface area contributed by atoms with Gasteiger partial charge in [0, 0.05) is 12.1 Å². The predicted molar refractivity (Wildman–Crippen MR) is 122 cm³/mol. The zero-order chi connectivity index (χ0) is 25.0. The predicted octanol–water partition coefficient (Wildman–Crippen LogP) is -0.0889. The SMILES string of the molecule is CO/C=C/c1cccc([N+](=O)[O-])c1C(=O)O.CO/C=C/c1cccc([N+](=O)[O-])c1C(=O)OC.O.[Li+].[OH-]. The number of hydrogen-bond donors (Lipinski definition) is 1. The summed E-state index contributed by atoms with van der Waals surface area (Å²) in [6.45, 7) is 0. The second-order valence-corrected chi connectivity index (χ2v) is 5.87. The Kier molecular flexibility index (Phi) is 18.3. The third-order valence-corrected chi connectivity index (χ3v) is 3.91. The van der Waals surface area contributed by atoms with Crippen LogP contribution in [0.3, 0.4) is 0 Å². The van der Waals surface area contributed by atoms with Gasteiger partial charge >= 0.3 is 30.8 Å². The molecular formula is C21H23LiN2O12. The van der Waals surface area contributed by atoms with E-state index in [2.05, 4.69) is 9.47 Å². The monoisotopic (exact) mass is 502 g/mol. The molecule has 36 heavy (non-hydrogen) atoms. The van der Waals surface area contributed by atoms with Crippen LogP contribution < -0.4 is 18.9 Å². The number of ether oxygens (including phenoxy) is 3. The molecule has 0 amide bonds. The van der Waals surface area contributed by atoms with Crippen LogP contribution in [0.2, 0.25) is 0 Å². The van der Waals surface area contributed by atoms with Crippen molar-refractivity contribution in [2.24, 2.45) is 0 Å². The van der Waals surface area contributed by atoms with Gasteiger partial charge < -0.3 is 30.3 Å². The first-order valence-corrected chi connectivity index (χ1v) is 8.94. The largest absolute Gasteiger partial charge is 1.00 e. The minimum absolute atomic E-state index is 0. The third-order valence-electron chi connectivity index (χ3n) is 3.91. The fourth-order valence-corrected chi connectivity index (χ4v) is 2.54.